The fourth-order valence-corrected chi connectivity index (χ4v) is 1.58. The number of benzene rings is 1. The van der Waals surface area contributed by atoms with Crippen LogP contribution in [0.2, 0.25) is 0 Å². The van der Waals surface area contributed by atoms with Crippen LogP contribution in [0, 0.1) is 0 Å². The van der Waals surface area contributed by atoms with Crippen LogP contribution in [0.25, 0.3) is 0 Å². The van der Waals surface area contributed by atoms with E-state index in [4.69, 9.17) is 9.84 Å². The van der Waals surface area contributed by atoms with Crippen LogP contribution in [-0.2, 0) is 10.2 Å². The van der Waals surface area contributed by atoms with Gasteiger partial charge in [0.25, 0.3) is 0 Å². The molecule has 0 bridgehead atoms. The molecule has 1 aromatic rings. The molecule has 3 heteroatoms. The van der Waals surface area contributed by atoms with Crippen molar-refractivity contribution >= 4 is 5.97 Å². The van der Waals surface area contributed by atoms with E-state index < -0.39 is 5.97 Å². The van der Waals surface area contributed by atoms with Crippen LogP contribution in [-0.4, -0.2) is 24.3 Å². The van der Waals surface area contributed by atoms with Gasteiger partial charge in [-0.1, -0.05) is 26.0 Å². The molecule has 1 rings (SSSR count). The number of hydrogen-bond donors (Lipinski definition) is 1. The number of rotatable bonds is 4. The molecule has 0 aromatic heterocycles. The summed E-state index contributed by atoms with van der Waals surface area (Å²) in [5, 5.41) is 8.94. The summed E-state index contributed by atoms with van der Waals surface area (Å²) in [6.07, 6.45) is 0.0246. The molecule has 0 aliphatic heterocycles. The first-order valence-corrected chi connectivity index (χ1v) is 5.26. The largest absolute Gasteiger partial charge is 0.478 e. The summed E-state index contributed by atoms with van der Waals surface area (Å²) >= 11 is 0. The summed E-state index contributed by atoms with van der Waals surface area (Å²) in [4.78, 5) is 10.9. The summed E-state index contributed by atoms with van der Waals surface area (Å²) in [6.45, 7) is 6.07. The lowest BCUT2D eigenvalue weighted by Gasteiger charge is -2.31. The lowest BCUT2D eigenvalue weighted by molar-refractivity contribution is 0.0604. The Hall–Kier alpha value is -1.35. The molecule has 1 unspecified atom stereocenters. The smallest absolute Gasteiger partial charge is 0.335 e. The Bertz CT molecular complexity index is 383. The molecule has 0 saturated carbocycles. The third-order valence-electron chi connectivity index (χ3n) is 3.22. The SMILES string of the molecule is COC(C)C(C)(C)c1cccc(C(=O)O)c1. The number of carbonyl (C=O) groups is 1. The monoisotopic (exact) mass is 222 g/mol. The van der Waals surface area contributed by atoms with Gasteiger partial charge in [-0.05, 0) is 24.6 Å². The molecular weight excluding hydrogens is 204 g/mol. The predicted octanol–water partition coefficient (Wildman–Crippen LogP) is 2.70. The maximum atomic E-state index is 10.9. The molecule has 1 aromatic carbocycles. The second kappa shape index (κ2) is 4.66. The fourth-order valence-electron chi connectivity index (χ4n) is 1.58. The zero-order valence-electron chi connectivity index (χ0n) is 10.2. The molecule has 16 heavy (non-hydrogen) atoms. The number of ether oxygens (including phenoxy) is 1. The normalized spacial score (nSPS) is 13.5. The van der Waals surface area contributed by atoms with E-state index in [0.29, 0.717) is 5.56 Å². The van der Waals surface area contributed by atoms with E-state index in [1.807, 2.05) is 26.8 Å². The summed E-state index contributed by atoms with van der Waals surface area (Å²) in [6, 6.07) is 7.00. The minimum Gasteiger partial charge on any atom is -0.478 e. The Morgan fingerprint density at radius 3 is 2.56 bits per heavy atom. The second-order valence-electron chi connectivity index (χ2n) is 4.49. The number of aromatic carboxylic acids is 1. The maximum Gasteiger partial charge on any atom is 0.335 e. The van der Waals surface area contributed by atoms with Crippen LogP contribution in [0.5, 0.6) is 0 Å². The molecule has 0 amide bonds. The van der Waals surface area contributed by atoms with Crippen LogP contribution in [0.1, 0.15) is 36.7 Å². The van der Waals surface area contributed by atoms with Gasteiger partial charge in [0.2, 0.25) is 0 Å². The third kappa shape index (κ3) is 2.42. The summed E-state index contributed by atoms with van der Waals surface area (Å²) in [5.74, 6) is -0.900. The Morgan fingerprint density at radius 2 is 2.06 bits per heavy atom. The van der Waals surface area contributed by atoms with Crippen LogP contribution in [0.3, 0.4) is 0 Å². The van der Waals surface area contributed by atoms with Crippen LogP contribution in [0.15, 0.2) is 24.3 Å². The molecule has 3 nitrogen and oxygen atoms in total. The van der Waals surface area contributed by atoms with E-state index in [-0.39, 0.29) is 11.5 Å². The molecule has 1 N–H and O–H groups in total. The highest BCUT2D eigenvalue weighted by Crippen LogP contribution is 2.29. The summed E-state index contributed by atoms with van der Waals surface area (Å²) < 4.78 is 5.32. The van der Waals surface area contributed by atoms with Gasteiger partial charge in [0.05, 0.1) is 11.7 Å². The van der Waals surface area contributed by atoms with Crippen molar-refractivity contribution in [3.05, 3.63) is 35.4 Å². The highest BCUT2D eigenvalue weighted by Gasteiger charge is 2.28. The van der Waals surface area contributed by atoms with Gasteiger partial charge in [-0.15, -0.1) is 0 Å². The van der Waals surface area contributed by atoms with Crippen molar-refractivity contribution in [2.45, 2.75) is 32.3 Å². The van der Waals surface area contributed by atoms with Gasteiger partial charge < -0.3 is 9.84 Å². The third-order valence-corrected chi connectivity index (χ3v) is 3.22. The van der Waals surface area contributed by atoms with E-state index >= 15 is 0 Å². The highest BCUT2D eigenvalue weighted by atomic mass is 16.5. The van der Waals surface area contributed by atoms with Crippen molar-refractivity contribution in [3.8, 4) is 0 Å². The van der Waals surface area contributed by atoms with Crippen molar-refractivity contribution in [1.29, 1.82) is 0 Å². The fraction of sp³-hybridized carbons (Fsp3) is 0.462. The average molecular weight is 222 g/mol. The lowest BCUT2D eigenvalue weighted by Crippen LogP contribution is -2.32. The maximum absolute atomic E-state index is 10.9. The number of carboxylic acids is 1. The minimum absolute atomic E-state index is 0.0246. The molecule has 88 valence electrons. The van der Waals surface area contributed by atoms with E-state index in [2.05, 4.69) is 0 Å². The molecule has 0 aliphatic rings. The predicted molar refractivity (Wildman–Crippen MR) is 62.9 cm³/mol. The Kier molecular flexibility index (Phi) is 3.70. The molecule has 0 fully saturated rings. The van der Waals surface area contributed by atoms with E-state index in [1.54, 1.807) is 25.3 Å². The molecule has 0 saturated heterocycles. The molecule has 1 atom stereocenters. The molecule has 0 heterocycles. The van der Waals surface area contributed by atoms with Gasteiger partial charge in [-0.25, -0.2) is 4.79 Å². The lowest BCUT2D eigenvalue weighted by atomic mass is 9.79. The minimum atomic E-state index is -0.900. The highest BCUT2D eigenvalue weighted by molar-refractivity contribution is 5.87. The number of hydrogen-bond acceptors (Lipinski definition) is 2. The van der Waals surface area contributed by atoms with Gasteiger partial charge in [-0.3, -0.25) is 0 Å². The van der Waals surface area contributed by atoms with Gasteiger partial charge in [0.15, 0.2) is 0 Å². The number of carboxylic acid groups (broad SMARTS) is 1. The first kappa shape index (κ1) is 12.7. The van der Waals surface area contributed by atoms with Crippen molar-refractivity contribution in [2.75, 3.05) is 7.11 Å². The second-order valence-corrected chi connectivity index (χ2v) is 4.49. The van der Waals surface area contributed by atoms with Crippen molar-refractivity contribution in [3.63, 3.8) is 0 Å². The molecular formula is C13H18O3. The van der Waals surface area contributed by atoms with Crippen molar-refractivity contribution in [2.24, 2.45) is 0 Å². The quantitative estimate of drug-likeness (QED) is 0.852. The zero-order chi connectivity index (χ0) is 12.3. The zero-order valence-corrected chi connectivity index (χ0v) is 10.2. The number of methoxy groups -OCH3 is 1. The Balaban J connectivity index is 3.13. The summed E-state index contributed by atoms with van der Waals surface area (Å²) in [5.41, 5.74) is 1.08. The average Bonchev–Trinajstić information content (AvgIpc) is 2.28. The Labute approximate surface area is 96.1 Å². The van der Waals surface area contributed by atoms with E-state index in [9.17, 15) is 4.79 Å². The van der Waals surface area contributed by atoms with E-state index in [1.165, 1.54) is 0 Å². The first-order valence-electron chi connectivity index (χ1n) is 5.26. The van der Waals surface area contributed by atoms with Crippen LogP contribution < -0.4 is 0 Å². The summed E-state index contributed by atoms with van der Waals surface area (Å²) in [7, 11) is 1.66. The van der Waals surface area contributed by atoms with Crippen LogP contribution >= 0.6 is 0 Å². The Morgan fingerprint density at radius 1 is 1.44 bits per heavy atom. The molecule has 0 aliphatic carbocycles. The first-order chi connectivity index (χ1) is 7.39. The topological polar surface area (TPSA) is 46.5 Å². The van der Waals surface area contributed by atoms with Crippen LogP contribution in [0.4, 0.5) is 0 Å². The van der Waals surface area contributed by atoms with Gasteiger partial charge >= 0.3 is 5.97 Å². The van der Waals surface area contributed by atoms with Gasteiger partial charge in [0, 0.05) is 12.5 Å². The van der Waals surface area contributed by atoms with E-state index in [0.717, 1.165) is 5.56 Å². The van der Waals surface area contributed by atoms with Gasteiger partial charge in [-0.2, -0.15) is 0 Å². The van der Waals surface area contributed by atoms with Crippen molar-refractivity contribution < 1.29 is 14.6 Å². The van der Waals surface area contributed by atoms with Crippen molar-refractivity contribution in [1.82, 2.24) is 0 Å². The molecule has 0 spiro atoms. The standard InChI is InChI=1S/C13H18O3/c1-9(16-4)13(2,3)11-7-5-6-10(8-11)12(14)15/h5-9H,1-4H3,(H,14,15). The molecule has 0 radical (unpaired) electrons. The van der Waals surface area contributed by atoms with Gasteiger partial charge in [0.1, 0.15) is 0 Å².